The molecule has 44 heavy (non-hydrogen) atoms. The SMILES string of the molecule is CCCCCCCCCCCCCCCCCCCCCC(=O)OC(C=C(C)CCC=C(C)C)CC=C(C)CCC=C(C)C. The van der Waals surface area contributed by atoms with Crippen LogP contribution in [0.2, 0.25) is 0 Å². The van der Waals surface area contributed by atoms with Gasteiger partial charge in [-0.25, -0.2) is 0 Å². The van der Waals surface area contributed by atoms with Gasteiger partial charge in [-0.15, -0.1) is 0 Å². The first-order valence-electron chi connectivity index (χ1n) is 19.0. The van der Waals surface area contributed by atoms with E-state index in [1.165, 1.54) is 131 Å². The third-order valence-corrected chi connectivity index (χ3v) is 8.62. The first kappa shape index (κ1) is 42.4. The van der Waals surface area contributed by atoms with Gasteiger partial charge in [0.25, 0.3) is 0 Å². The monoisotopic (exact) mass is 613 g/mol. The van der Waals surface area contributed by atoms with Crippen LogP contribution in [0, 0.1) is 0 Å². The number of carbonyl (C=O) groups is 1. The average molecular weight is 613 g/mol. The third kappa shape index (κ3) is 31.8. The van der Waals surface area contributed by atoms with Gasteiger partial charge in [0.1, 0.15) is 6.10 Å². The van der Waals surface area contributed by atoms with Crippen molar-refractivity contribution < 1.29 is 9.53 Å². The van der Waals surface area contributed by atoms with Crippen molar-refractivity contribution >= 4 is 5.97 Å². The Hall–Kier alpha value is -1.57. The largest absolute Gasteiger partial charge is 0.458 e. The van der Waals surface area contributed by atoms with E-state index >= 15 is 0 Å². The predicted molar refractivity (Wildman–Crippen MR) is 197 cm³/mol. The van der Waals surface area contributed by atoms with Crippen molar-refractivity contribution in [2.75, 3.05) is 0 Å². The van der Waals surface area contributed by atoms with Crippen molar-refractivity contribution in [1.29, 1.82) is 0 Å². The fourth-order valence-electron chi connectivity index (χ4n) is 5.72. The molecule has 0 fully saturated rings. The number of ether oxygens (including phenoxy) is 1. The lowest BCUT2D eigenvalue weighted by molar-refractivity contribution is -0.146. The van der Waals surface area contributed by atoms with Gasteiger partial charge in [0.15, 0.2) is 0 Å². The smallest absolute Gasteiger partial charge is 0.306 e. The Bertz CT molecular complexity index is 789. The quantitative estimate of drug-likeness (QED) is 0.0458. The highest BCUT2D eigenvalue weighted by atomic mass is 16.5. The van der Waals surface area contributed by atoms with Crippen LogP contribution in [0.4, 0.5) is 0 Å². The highest BCUT2D eigenvalue weighted by Gasteiger charge is 2.12. The van der Waals surface area contributed by atoms with Crippen LogP contribution < -0.4 is 0 Å². The molecule has 2 heteroatoms. The predicted octanol–water partition coefficient (Wildman–Crippen LogP) is 14.5. The van der Waals surface area contributed by atoms with Gasteiger partial charge in [0.05, 0.1) is 0 Å². The van der Waals surface area contributed by atoms with E-state index in [2.05, 4.69) is 72.8 Å². The summed E-state index contributed by atoms with van der Waals surface area (Å²) in [7, 11) is 0. The molecule has 0 saturated carbocycles. The first-order valence-corrected chi connectivity index (χ1v) is 19.0. The summed E-state index contributed by atoms with van der Waals surface area (Å²) in [5.74, 6) is -0.0362. The molecule has 0 aliphatic rings. The maximum absolute atomic E-state index is 12.7. The van der Waals surface area contributed by atoms with Gasteiger partial charge in [-0.1, -0.05) is 163 Å². The molecular formula is C42H76O2. The van der Waals surface area contributed by atoms with Gasteiger partial charge < -0.3 is 4.74 Å². The van der Waals surface area contributed by atoms with E-state index in [0.717, 1.165) is 44.9 Å². The fraction of sp³-hybridized carbons (Fsp3) is 0.786. The van der Waals surface area contributed by atoms with Gasteiger partial charge >= 0.3 is 5.97 Å². The van der Waals surface area contributed by atoms with E-state index in [1.54, 1.807) is 0 Å². The van der Waals surface area contributed by atoms with Gasteiger partial charge in [-0.2, -0.15) is 0 Å². The molecule has 0 N–H and O–H groups in total. The Morgan fingerprint density at radius 2 is 0.886 bits per heavy atom. The Labute approximate surface area is 276 Å². The third-order valence-electron chi connectivity index (χ3n) is 8.62. The second-order valence-electron chi connectivity index (χ2n) is 14.1. The summed E-state index contributed by atoms with van der Waals surface area (Å²) in [6, 6.07) is 0. The topological polar surface area (TPSA) is 26.3 Å². The lowest BCUT2D eigenvalue weighted by Crippen LogP contribution is -2.16. The number of hydrogen-bond donors (Lipinski definition) is 0. The summed E-state index contributed by atoms with van der Waals surface area (Å²) in [6.07, 6.45) is 40.3. The molecule has 1 atom stereocenters. The second-order valence-corrected chi connectivity index (χ2v) is 14.1. The number of unbranched alkanes of at least 4 members (excludes halogenated alkanes) is 18. The summed E-state index contributed by atoms with van der Waals surface area (Å²) in [5, 5.41) is 0. The van der Waals surface area contributed by atoms with Crippen molar-refractivity contribution in [2.24, 2.45) is 0 Å². The zero-order valence-electron chi connectivity index (χ0n) is 30.9. The number of allylic oxidation sites excluding steroid dienone is 6. The maximum Gasteiger partial charge on any atom is 0.306 e. The lowest BCUT2D eigenvalue weighted by Gasteiger charge is -2.15. The van der Waals surface area contributed by atoms with E-state index in [-0.39, 0.29) is 12.1 Å². The van der Waals surface area contributed by atoms with Crippen molar-refractivity contribution in [3.05, 3.63) is 46.6 Å². The van der Waals surface area contributed by atoms with Gasteiger partial charge in [0, 0.05) is 12.8 Å². The summed E-state index contributed by atoms with van der Waals surface area (Å²) in [4.78, 5) is 12.7. The Balaban J connectivity index is 4.09. The van der Waals surface area contributed by atoms with E-state index in [1.807, 2.05) is 0 Å². The zero-order valence-corrected chi connectivity index (χ0v) is 30.9. The maximum atomic E-state index is 12.7. The highest BCUT2D eigenvalue weighted by Crippen LogP contribution is 2.17. The van der Waals surface area contributed by atoms with E-state index in [9.17, 15) is 4.79 Å². The van der Waals surface area contributed by atoms with Crippen LogP contribution in [0.15, 0.2) is 46.6 Å². The van der Waals surface area contributed by atoms with Crippen molar-refractivity contribution in [3.63, 3.8) is 0 Å². The molecule has 0 aromatic rings. The summed E-state index contributed by atoms with van der Waals surface area (Å²) in [6.45, 7) is 15.3. The Kier molecular flexibility index (Phi) is 30.3. The summed E-state index contributed by atoms with van der Waals surface area (Å²) in [5.41, 5.74) is 5.40. The van der Waals surface area contributed by atoms with E-state index < -0.39 is 0 Å². The molecule has 0 spiro atoms. The van der Waals surface area contributed by atoms with Crippen molar-refractivity contribution in [1.82, 2.24) is 0 Å². The van der Waals surface area contributed by atoms with Crippen molar-refractivity contribution in [3.8, 4) is 0 Å². The minimum Gasteiger partial charge on any atom is -0.458 e. The van der Waals surface area contributed by atoms with Crippen LogP contribution in [0.1, 0.15) is 209 Å². The van der Waals surface area contributed by atoms with Gasteiger partial charge in [0.2, 0.25) is 0 Å². The first-order chi connectivity index (χ1) is 21.2. The summed E-state index contributed by atoms with van der Waals surface area (Å²) < 4.78 is 5.99. The minimum absolute atomic E-state index is 0.0362. The molecule has 0 aliphatic heterocycles. The second kappa shape index (κ2) is 31.4. The number of carbonyl (C=O) groups excluding carboxylic acids is 1. The molecule has 256 valence electrons. The molecule has 0 rings (SSSR count). The van der Waals surface area contributed by atoms with Crippen LogP contribution in [0.25, 0.3) is 0 Å². The standard InChI is InChI=1S/C42H76O2/c1-8-9-10-11-12-13-14-15-16-17-18-19-20-21-22-23-24-25-26-33-42(43)44-41(36-40(7)32-28-30-38(4)5)35-34-39(6)31-27-29-37(2)3/h29-30,34,36,41H,8-28,31-33,35H2,1-7H3. The minimum atomic E-state index is -0.159. The molecule has 1 unspecified atom stereocenters. The Morgan fingerprint density at radius 1 is 0.500 bits per heavy atom. The van der Waals surface area contributed by atoms with E-state index in [0.29, 0.717) is 6.42 Å². The molecule has 0 aromatic carbocycles. The van der Waals surface area contributed by atoms with Crippen molar-refractivity contribution in [2.45, 2.75) is 215 Å². The summed E-state index contributed by atoms with van der Waals surface area (Å²) >= 11 is 0. The molecule has 2 nitrogen and oxygen atoms in total. The van der Waals surface area contributed by atoms with Crippen LogP contribution in [-0.2, 0) is 9.53 Å². The Morgan fingerprint density at radius 3 is 1.30 bits per heavy atom. The molecule has 0 amide bonds. The fourth-order valence-corrected chi connectivity index (χ4v) is 5.72. The number of esters is 1. The van der Waals surface area contributed by atoms with E-state index in [4.69, 9.17) is 4.74 Å². The van der Waals surface area contributed by atoms with Crippen LogP contribution >= 0.6 is 0 Å². The zero-order chi connectivity index (χ0) is 32.7. The number of rotatable bonds is 30. The van der Waals surface area contributed by atoms with Crippen LogP contribution in [0.5, 0.6) is 0 Å². The van der Waals surface area contributed by atoms with Crippen LogP contribution in [-0.4, -0.2) is 12.1 Å². The molecule has 0 heterocycles. The molecule has 0 aliphatic carbocycles. The normalized spacial score (nSPS) is 12.7. The molecule has 0 radical (unpaired) electrons. The average Bonchev–Trinajstić information content (AvgIpc) is 2.96. The lowest BCUT2D eigenvalue weighted by atomic mass is 10.0. The molecule has 0 aromatic heterocycles. The molecule has 0 bridgehead atoms. The molecule has 0 saturated heterocycles. The van der Waals surface area contributed by atoms with Gasteiger partial charge in [-0.3, -0.25) is 4.79 Å². The highest BCUT2D eigenvalue weighted by molar-refractivity contribution is 5.69. The molecular weight excluding hydrogens is 536 g/mol. The number of hydrogen-bond acceptors (Lipinski definition) is 2. The van der Waals surface area contributed by atoms with Gasteiger partial charge in [-0.05, 0) is 79.7 Å². The van der Waals surface area contributed by atoms with Crippen LogP contribution in [0.3, 0.4) is 0 Å².